The number of hydrogen-bond donors (Lipinski definition) is 0. The topological polar surface area (TPSA) is 3.24 Å². The van der Waals surface area contributed by atoms with Gasteiger partial charge in [0.15, 0.2) is 0 Å². The lowest BCUT2D eigenvalue weighted by Crippen LogP contribution is -2.32. The van der Waals surface area contributed by atoms with E-state index in [2.05, 4.69) is 0 Å². The molecule has 1 rings (SSSR count). The van der Waals surface area contributed by atoms with Crippen LogP contribution in [0.3, 0.4) is 0 Å². The third kappa shape index (κ3) is 3.49. The summed E-state index contributed by atoms with van der Waals surface area (Å²) in [6, 6.07) is 2.64. The van der Waals surface area contributed by atoms with Crippen LogP contribution in [0.2, 0.25) is 0 Å². The summed E-state index contributed by atoms with van der Waals surface area (Å²) in [4.78, 5) is 1.62. The second kappa shape index (κ2) is 6.45. The van der Waals surface area contributed by atoms with E-state index in [1.54, 1.807) is 23.7 Å². The van der Waals surface area contributed by atoms with Gasteiger partial charge in [-0.15, -0.1) is 11.6 Å². The average molecular weight is 280 g/mol. The first kappa shape index (κ1) is 14.6. The molecule has 0 bridgehead atoms. The predicted molar refractivity (Wildman–Crippen MR) is 72.2 cm³/mol. The van der Waals surface area contributed by atoms with Gasteiger partial charge in [-0.3, -0.25) is 0 Å². The fourth-order valence-corrected chi connectivity index (χ4v) is 2.47. The molecular formula is C12H16ClF2NS. The van der Waals surface area contributed by atoms with Crippen LogP contribution in [0.1, 0.15) is 12.5 Å². The molecule has 0 N–H and O–H groups in total. The van der Waals surface area contributed by atoms with Crippen molar-refractivity contribution < 1.29 is 8.78 Å². The predicted octanol–water partition coefficient (Wildman–Crippen LogP) is 3.89. The molecule has 0 amide bonds. The molecule has 1 atom stereocenters. The molecule has 96 valence electrons. The summed E-state index contributed by atoms with van der Waals surface area (Å²) in [6.45, 7) is 1.94. The van der Waals surface area contributed by atoms with Crippen LogP contribution in [0, 0.1) is 11.6 Å². The van der Waals surface area contributed by atoms with Gasteiger partial charge in [-0.05, 0) is 30.9 Å². The van der Waals surface area contributed by atoms with Gasteiger partial charge in [0.2, 0.25) is 0 Å². The van der Waals surface area contributed by atoms with Gasteiger partial charge in [0.25, 0.3) is 0 Å². The molecule has 0 fully saturated rings. The summed E-state index contributed by atoms with van der Waals surface area (Å²) in [5.41, 5.74) is 0.469. The fraction of sp³-hybridized carbons (Fsp3) is 0.500. The van der Waals surface area contributed by atoms with E-state index in [1.165, 1.54) is 12.1 Å². The van der Waals surface area contributed by atoms with E-state index < -0.39 is 11.6 Å². The van der Waals surface area contributed by atoms with E-state index >= 15 is 0 Å². The monoisotopic (exact) mass is 279 g/mol. The minimum atomic E-state index is -0.559. The molecular weight excluding hydrogens is 264 g/mol. The fourth-order valence-electron chi connectivity index (χ4n) is 1.61. The number of rotatable bonds is 5. The van der Waals surface area contributed by atoms with Gasteiger partial charge in [-0.2, -0.15) is 11.8 Å². The lowest BCUT2D eigenvalue weighted by atomic mass is 10.1. The molecule has 0 radical (unpaired) electrons. The Labute approximate surface area is 110 Å². The molecule has 0 saturated heterocycles. The van der Waals surface area contributed by atoms with Crippen LogP contribution < -0.4 is 4.90 Å². The first-order chi connectivity index (χ1) is 8.01. The maximum absolute atomic E-state index is 13.8. The maximum atomic E-state index is 13.8. The van der Waals surface area contributed by atoms with Crippen molar-refractivity contribution in [2.45, 2.75) is 18.8 Å². The van der Waals surface area contributed by atoms with Crippen molar-refractivity contribution in [3.63, 3.8) is 0 Å². The normalized spacial score (nSPS) is 12.6. The minimum Gasteiger partial charge on any atom is -0.366 e. The standard InChI is InChI=1S/C12H16ClF2NS/c1-8(7-17-3)16(2)12-10(14)4-9(6-13)5-11(12)15/h4-5,8H,6-7H2,1-3H3. The first-order valence-corrected chi connectivity index (χ1v) is 7.19. The van der Waals surface area contributed by atoms with Gasteiger partial charge in [0.1, 0.15) is 17.3 Å². The van der Waals surface area contributed by atoms with Gasteiger partial charge < -0.3 is 4.90 Å². The Balaban J connectivity index is 3.05. The number of alkyl halides is 1. The van der Waals surface area contributed by atoms with E-state index in [4.69, 9.17) is 11.6 Å². The molecule has 5 heteroatoms. The minimum absolute atomic E-state index is 0.0143. The quantitative estimate of drug-likeness (QED) is 0.752. The molecule has 0 aliphatic heterocycles. The van der Waals surface area contributed by atoms with Crippen LogP contribution in [-0.4, -0.2) is 25.1 Å². The highest BCUT2D eigenvalue weighted by Crippen LogP contribution is 2.26. The van der Waals surface area contributed by atoms with Crippen LogP contribution in [0.25, 0.3) is 0 Å². The van der Waals surface area contributed by atoms with Crippen molar-refractivity contribution in [2.75, 3.05) is 24.0 Å². The Morgan fingerprint density at radius 2 is 1.88 bits per heavy atom. The van der Waals surface area contributed by atoms with Crippen molar-refractivity contribution in [1.29, 1.82) is 0 Å². The van der Waals surface area contributed by atoms with Crippen molar-refractivity contribution in [3.05, 3.63) is 29.3 Å². The zero-order chi connectivity index (χ0) is 13.0. The summed E-state index contributed by atoms with van der Waals surface area (Å²) in [5.74, 6) is -0.197. The number of benzene rings is 1. The third-order valence-corrected chi connectivity index (χ3v) is 3.78. The van der Waals surface area contributed by atoms with Crippen molar-refractivity contribution in [1.82, 2.24) is 0 Å². The molecule has 0 spiro atoms. The Morgan fingerprint density at radius 3 is 2.29 bits per heavy atom. The Bertz CT molecular complexity index is 364. The molecule has 17 heavy (non-hydrogen) atoms. The van der Waals surface area contributed by atoms with Gasteiger partial charge in [-0.1, -0.05) is 0 Å². The summed E-state index contributed by atoms with van der Waals surface area (Å²) in [7, 11) is 1.70. The smallest absolute Gasteiger partial charge is 0.149 e. The SMILES string of the molecule is CSCC(C)N(C)c1c(F)cc(CCl)cc1F. The number of halogens is 3. The van der Waals surface area contributed by atoms with Crippen molar-refractivity contribution in [2.24, 2.45) is 0 Å². The lowest BCUT2D eigenvalue weighted by molar-refractivity contribution is 0.566. The second-order valence-electron chi connectivity index (χ2n) is 3.96. The molecule has 0 heterocycles. The summed E-state index contributed by atoms with van der Waals surface area (Å²) < 4.78 is 27.6. The Morgan fingerprint density at radius 1 is 1.35 bits per heavy atom. The number of anilines is 1. The highest BCUT2D eigenvalue weighted by molar-refractivity contribution is 7.98. The summed E-state index contributed by atoms with van der Waals surface area (Å²) >= 11 is 7.21. The molecule has 1 unspecified atom stereocenters. The molecule has 0 aliphatic carbocycles. The van der Waals surface area contributed by atoms with Crippen LogP contribution in [0.15, 0.2) is 12.1 Å². The third-order valence-electron chi connectivity index (χ3n) is 2.65. The summed E-state index contributed by atoms with van der Waals surface area (Å²) in [6.07, 6.45) is 1.97. The molecule has 0 aliphatic rings. The zero-order valence-electron chi connectivity index (χ0n) is 10.1. The maximum Gasteiger partial charge on any atom is 0.149 e. The highest BCUT2D eigenvalue weighted by atomic mass is 35.5. The lowest BCUT2D eigenvalue weighted by Gasteiger charge is -2.27. The Kier molecular flexibility index (Phi) is 5.53. The van der Waals surface area contributed by atoms with E-state index in [1.807, 2.05) is 13.2 Å². The molecule has 1 aromatic rings. The zero-order valence-corrected chi connectivity index (χ0v) is 11.7. The van der Waals surface area contributed by atoms with Crippen LogP contribution in [0.5, 0.6) is 0 Å². The summed E-state index contributed by atoms with van der Waals surface area (Å²) in [5, 5.41) is 0. The molecule has 0 aromatic heterocycles. The first-order valence-electron chi connectivity index (χ1n) is 5.27. The van der Waals surface area contributed by atoms with Gasteiger partial charge >= 0.3 is 0 Å². The molecule has 1 nitrogen and oxygen atoms in total. The van der Waals surface area contributed by atoms with Crippen molar-refractivity contribution >= 4 is 29.1 Å². The van der Waals surface area contributed by atoms with Gasteiger partial charge in [-0.25, -0.2) is 8.78 Å². The number of thioether (sulfide) groups is 1. The number of nitrogens with zero attached hydrogens (tertiary/aromatic N) is 1. The average Bonchev–Trinajstić information content (AvgIpc) is 2.28. The van der Waals surface area contributed by atoms with E-state index in [0.717, 1.165) is 5.75 Å². The van der Waals surface area contributed by atoms with Gasteiger partial charge in [0.05, 0.1) is 0 Å². The largest absolute Gasteiger partial charge is 0.366 e. The second-order valence-corrected chi connectivity index (χ2v) is 5.13. The van der Waals surface area contributed by atoms with Crippen LogP contribution in [-0.2, 0) is 5.88 Å². The van der Waals surface area contributed by atoms with E-state index in [9.17, 15) is 8.78 Å². The van der Waals surface area contributed by atoms with E-state index in [-0.39, 0.29) is 17.6 Å². The number of hydrogen-bond acceptors (Lipinski definition) is 2. The van der Waals surface area contributed by atoms with Crippen LogP contribution >= 0.6 is 23.4 Å². The highest BCUT2D eigenvalue weighted by Gasteiger charge is 2.18. The van der Waals surface area contributed by atoms with E-state index in [0.29, 0.717) is 5.56 Å². The molecule has 0 saturated carbocycles. The Hall–Kier alpha value is -0.480. The van der Waals surface area contributed by atoms with Gasteiger partial charge in [0, 0.05) is 24.7 Å². The molecule has 1 aromatic carbocycles. The van der Waals surface area contributed by atoms with Crippen molar-refractivity contribution in [3.8, 4) is 0 Å². The van der Waals surface area contributed by atoms with Crippen LogP contribution in [0.4, 0.5) is 14.5 Å².